The van der Waals surface area contributed by atoms with Crippen molar-refractivity contribution in [2.24, 2.45) is 17.8 Å². The van der Waals surface area contributed by atoms with Crippen LogP contribution in [-0.2, 0) is 19.1 Å². The zero-order valence-corrected chi connectivity index (χ0v) is 33.2. The Morgan fingerprint density at radius 1 is 0.684 bits per heavy atom. The lowest BCUT2D eigenvalue weighted by Crippen LogP contribution is -2.54. The number of piperidine rings is 2. The van der Waals surface area contributed by atoms with E-state index in [0.29, 0.717) is 18.3 Å². The first-order chi connectivity index (χ1) is 27.6. The number of amides is 4. The van der Waals surface area contributed by atoms with Crippen molar-refractivity contribution in [3.05, 3.63) is 72.6 Å². The lowest BCUT2D eigenvalue weighted by atomic mass is 9.95. The van der Waals surface area contributed by atoms with Crippen molar-refractivity contribution in [2.75, 3.05) is 14.2 Å². The SMILES string of the molecule is CCC(NC(=O)OC)C(=O)N1C2CCC(C2)C1c1ncc(-c2ccc(-c3ccc(-c4cnc(C5C6CCC(C6)N5C(=O)C(NC(=O)OC)C(C)C)[nH]4)cc3)cc2)[nH]1. The third kappa shape index (κ3) is 7.14. The molecule has 4 bridgehead atoms. The van der Waals surface area contributed by atoms with E-state index >= 15 is 0 Å². The first kappa shape index (κ1) is 38.2. The third-order valence-corrected chi connectivity index (χ3v) is 12.7. The van der Waals surface area contributed by atoms with Crippen LogP contribution in [-0.4, -0.2) is 92.1 Å². The van der Waals surface area contributed by atoms with Gasteiger partial charge in [-0.25, -0.2) is 19.6 Å². The molecular formula is C43H52N8O6. The average Bonchev–Trinajstić information content (AvgIpc) is 4.10. The van der Waals surface area contributed by atoms with E-state index in [0.717, 1.165) is 83.8 Å². The molecule has 2 saturated heterocycles. The molecule has 4 aliphatic rings. The van der Waals surface area contributed by atoms with Gasteiger partial charge < -0.3 is 39.9 Å². The fourth-order valence-electron chi connectivity index (χ4n) is 9.85. The van der Waals surface area contributed by atoms with Crippen LogP contribution < -0.4 is 10.6 Å². The molecule has 4 aromatic rings. The molecule has 0 spiro atoms. The van der Waals surface area contributed by atoms with Crippen LogP contribution in [0.25, 0.3) is 33.6 Å². The van der Waals surface area contributed by atoms with Gasteiger partial charge in [-0.3, -0.25) is 9.59 Å². The van der Waals surface area contributed by atoms with E-state index < -0.39 is 24.3 Å². The number of carbonyl (C=O) groups is 4. The number of methoxy groups -OCH3 is 2. The second-order valence-electron chi connectivity index (χ2n) is 16.3. The van der Waals surface area contributed by atoms with Crippen LogP contribution >= 0.6 is 0 Å². The number of benzene rings is 2. The van der Waals surface area contributed by atoms with E-state index in [1.807, 2.05) is 43.0 Å². The van der Waals surface area contributed by atoms with Crippen LogP contribution in [0.15, 0.2) is 60.9 Å². The van der Waals surface area contributed by atoms with E-state index in [9.17, 15) is 19.2 Å². The van der Waals surface area contributed by atoms with E-state index in [4.69, 9.17) is 19.4 Å². The highest BCUT2D eigenvalue weighted by atomic mass is 16.5. The molecule has 4 N–H and O–H groups in total. The maximum absolute atomic E-state index is 13.9. The van der Waals surface area contributed by atoms with Crippen LogP contribution in [0, 0.1) is 17.8 Å². The van der Waals surface area contributed by atoms with Crippen LogP contribution in [0.1, 0.15) is 89.4 Å². The second-order valence-corrected chi connectivity index (χ2v) is 16.3. The smallest absolute Gasteiger partial charge is 0.407 e. The predicted molar refractivity (Wildman–Crippen MR) is 212 cm³/mol. The number of H-pyrrole nitrogens is 2. The largest absolute Gasteiger partial charge is 0.453 e. The van der Waals surface area contributed by atoms with Gasteiger partial charge in [0, 0.05) is 12.1 Å². The maximum Gasteiger partial charge on any atom is 0.407 e. The minimum Gasteiger partial charge on any atom is -0.453 e. The number of alkyl carbamates (subject to hydrolysis) is 2. The second kappa shape index (κ2) is 15.7. The van der Waals surface area contributed by atoms with Crippen LogP contribution in [0.3, 0.4) is 0 Å². The lowest BCUT2D eigenvalue weighted by molar-refractivity contribution is -0.139. The van der Waals surface area contributed by atoms with Crippen LogP contribution in [0.2, 0.25) is 0 Å². The van der Waals surface area contributed by atoms with E-state index in [1.54, 1.807) is 0 Å². The number of carbonyl (C=O) groups excluding carboxylic acids is 4. The molecule has 2 aromatic heterocycles. The number of aromatic amines is 2. The lowest BCUT2D eigenvalue weighted by Gasteiger charge is -2.37. The zero-order chi connectivity index (χ0) is 40.0. The summed E-state index contributed by atoms with van der Waals surface area (Å²) in [6.45, 7) is 5.74. The molecule has 2 saturated carbocycles. The topological polar surface area (TPSA) is 175 Å². The molecule has 14 nitrogen and oxygen atoms in total. The highest BCUT2D eigenvalue weighted by Gasteiger charge is 2.52. The van der Waals surface area contributed by atoms with Gasteiger partial charge in [-0.05, 0) is 85.0 Å². The van der Waals surface area contributed by atoms with Crippen molar-refractivity contribution in [2.45, 2.75) is 102 Å². The molecule has 8 rings (SSSR count). The van der Waals surface area contributed by atoms with Crippen LogP contribution in [0.4, 0.5) is 9.59 Å². The Bertz CT molecular complexity index is 2110. The molecular weight excluding hydrogens is 725 g/mol. The van der Waals surface area contributed by atoms with Gasteiger partial charge in [0.25, 0.3) is 0 Å². The Morgan fingerprint density at radius 3 is 1.56 bits per heavy atom. The summed E-state index contributed by atoms with van der Waals surface area (Å²) in [5.41, 5.74) is 5.89. The number of nitrogens with zero attached hydrogens (tertiary/aromatic N) is 4. The van der Waals surface area contributed by atoms with Gasteiger partial charge >= 0.3 is 12.2 Å². The number of nitrogens with one attached hydrogen (secondary N) is 4. The summed E-state index contributed by atoms with van der Waals surface area (Å²) >= 11 is 0. The van der Waals surface area contributed by atoms with Gasteiger partial charge in [-0.15, -0.1) is 0 Å². The number of fused-ring (bicyclic) bond motifs is 4. The number of ether oxygens (including phenoxy) is 2. The third-order valence-electron chi connectivity index (χ3n) is 12.7. The maximum atomic E-state index is 13.9. The summed E-state index contributed by atoms with van der Waals surface area (Å²) in [4.78, 5) is 72.2. The molecule has 2 aromatic carbocycles. The highest BCUT2D eigenvalue weighted by Crippen LogP contribution is 2.51. The van der Waals surface area contributed by atoms with Crippen molar-refractivity contribution >= 4 is 24.0 Å². The quantitative estimate of drug-likeness (QED) is 0.129. The van der Waals surface area contributed by atoms with Gasteiger partial charge in [0.05, 0.1) is 50.1 Å². The van der Waals surface area contributed by atoms with E-state index in [1.165, 1.54) is 14.2 Å². The molecule has 4 amide bonds. The summed E-state index contributed by atoms with van der Waals surface area (Å²) in [6, 6.07) is 15.3. The van der Waals surface area contributed by atoms with E-state index in [2.05, 4.69) is 69.1 Å². The van der Waals surface area contributed by atoms with Crippen molar-refractivity contribution < 1.29 is 28.7 Å². The minimum atomic E-state index is -0.680. The number of imidazole rings is 2. The minimum absolute atomic E-state index is 0.0909. The van der Waals surface area contributed by atoms with Crippen LogP contribution in [0.5, 0.6) is 0 Å². The number of hydrogen-bond donors (Lipinski definition) is 4. The molecule has 2 aliphatic carbocycles. The molecule has 0 radical (unpaired) electrons. The van der Waals surface area contributed by atoms with Crippen molar-refractivity contribution in [3.8, 4) is 33.6 Å². The zero-order valence-electron chi connectivity index (χ0n) is 33.2. The first-order valence-electron chi connectivity index (χ1n) is 20.2. The van der Waals surface area contributed by atoms with Gasteiger partial charge in [0.15, 0.2) is 0 Å². The fourth-order valence-corrected chi connectivity index (χ4v) is 9.85. The van der Waals surface area contributed by atoms with Crippen molar-refractivity contribution in [1.29, 1.82) is 0 Å². The Balaban J connectivity index is 0.948. The number of likely N-dealkylation sites (tertiary alicyclic amines) is 2. The average molecular weight is 777 g/mol. The molecule has 4 fully saturated rings. The van der Waals surface area contributed by atoms with Gasteiger partial charge in [-0.2, -0.15) is 0 Å². The molecule has 57 heavy (non-hydrogen) atoms. The Kier molecular flexibility index (Phi) is 10.5. The van der Waals surface area contributed by atoms with Crippen molar-refractivity contribution in [1.82, 2.24) is 40.4 Å². The molecule has 2 aliphatic heterocycles. The van der Waals surface area contributed by atoms with Gasteiger partial charge in [-0.1, -0.05) is 69.3 Å². The molecule has 4 heterocycles. The molecule has 300 valence electrons. The first-order valence-corrected chi connectivity index (χ1v) is 20.2. The van der Waals surface area contributed by atoms with Crippen molar-refractivity contribution in [3.63, 3.8) is 0 Å². The molecule has 8 unspecified atom stereocenters. The Labute approximate surface area is 332 Å². The Morgan fingerprint density at radius 2 is 1.12 bits per heavy atom. The Hall–Kier alpha value is -5.66. The standard InChI is InChI=1S/C43H52N8O6/c1-6-32(48-42(54)56-4)40(52)50-30-17-15-28(19-30)36(50)38-44-21-33(46-38)26-11-7-24(8-12-26)25-9-13-27(14-10-25)34-22-45-39(47-34)37-29-16-18-31(20-29)51(37)41(53)35(23(2)3)49-43(55)57-5/h7-14,21-23,28-32,35-37H,6,15-20H2,1-5H3,(H,44,46)(H,45,47)(H,48,54)(H,49,55). The van der Waals surface area contributed by atoms with Gasteiger partial charge in [0.1, 0.15) is 23.7 Å². The summed E-state index contributed by atoms with van der Waals surface area (Å²) in [7, 11) is 2.61. The number of hydrogen-bond acceptors (Lipinski definition) is 8. The predicted octanol–water partition coefficient (Wildman–Crippen LogP) is 6.75. The number of rotatable bonds is 11. The summed E-state index contributed by atoms with van der Waals surface area (Å²) in [5, 5.41) is 5.46. The highest BCUT2D eigenvalue weighted by molar-refractivity contribution is 5.87. The van der Waals surface area contributed by atoms with Gasteiger partial charge in [0.2, 0.25) is 11.8 Å². The summed E-state index contributed by atoms with van der Waals surface area (Å²) < 4.78 is 9.59. The van der Waals surface area contributed by atoms with E-state index in [-0.39, 0.29) is 41.9 Å². The molecule has 14 heteroatoms. The monoisotopic (exact) mass is 776 g/mol. The number of aromatic nitrogens is 4. The summed E-state index contributed by atoms with van der Waals surface area (Å²) in [6.07, 6.45) is 8.80. The normalized spacial score (nSPS) is 24.5. The fraction of sp³-hybridized carbons (Fsp3) is 0.488. The summed E-state index contributed by atoms with van der Waals surface area (Å²) in [5.74, 6) is 1.90. The molecule has 8 atom stereocenters.